The van der Waals surface area contributed by atoms with E-state index in [9.17, 15) is 4.21 Å². The average Bonchev–Trinajstić information content (AvgIpc) is 1.35. The summed E-state index contributed by atoms with van der Waals surface area (Å²) >= 11 is -1.68. The van der Waals surface area contributed by atoms with Crippen molar-refractivity contribution in [1.29, 1.82) is 0 Å². The van der Waals surface area contributed by atoms with Crippen molar-refractivity contribution in [3.8, 4) is 0 Å². The first kappa shape index (κ1) is 5.85. The first-order valence-electron chi connectivity index (χ1n) is 1.45. The molecule has 0 bridgehead atoms. The highest BCUT2D eigenvalue weighted by Crippen LogP contribution is 1.69. The van der Waals surface area contributed by atoms with Gasteiger partial charge in [0.2, 0.25) is 0 Å². The fraction of sp³-hybridized carbons (Fsp3) is 0.333. The van der Waals surface area contributed by atoms with Crippen LogP contribution < -0.4 is 0 Å². The topological polar surface area (TPSA) is 37.3 Å². The van der Waals surface area contributed by atoms with Crippen molar-refractivity contribution >= 4 is 11.1 Å². The Bertz CT molecular complexity index is 69.2. The van der Waals surface area contributed by atoms with E-state index in [1.54, 1.807) is 0 Å². The summed E-state index contributed by atoms with van der Waals surface area (Å²) in [7, 11) is 0. The van der Waals surface area contributed by atoms with Crippen LogP contribution in [0.1, 0.15) is 0 Å². The monoisotopic (exact) mass is 106 g/mol. The molecule has 0 aliphatic carbocycles. The summed E-state index contributed by atoms with van der Waals surface area (Å²) in [6, 6.07) is 0. The van der Waals surface area contributed by atoms with E-state index in [0.717, 1.165) is 0 Å². The first-order valence-corrected chi connectivity index (χ1v) is 2.73. The number of hydrogen-bond acceptors (Lipinski definition) is 1. The lowest BCUT2D eigenvalue weighted by atomic mass is 10.8. The van der Waals surface area contributed by atoms with E-state index < -0.39 is 11.1 Å². The summed E-state index contributed by atoms with van der Waals surface area (Å²) in [6.45, 7) is 3.25. The SMILES string of the molecule is C=CCS(=O)O. The van der Waals surface area contributed by atoms with E-state index in [-0.39, 0.29) is 5.75 Å². The van der Waals surface area contributed by atoms with E-state index in [2.05, 4.69) is 6.58 Å². The molecule has 0 aromatic carbocycles. The van der Waals surface area contributed by atoms with Gasteiger partial charge in [-0.05, 0) is 0 Å². The third kappa shape index (κ3) is 3.85. The Morgan fingerprint density at radius 3 is 2.50 bits per heavy atom. The molecule has 1 unspecified atom stereocenters. The van der Waals surface area contributed by atoms with Crippen LogP contribution in [0.3, 0.4) is 0 Å². The summed E-state index contributed by atoms with van der Waals surface area (Å²) < 4.78 is 17.6. The van der Waals surface area contributed by atoms with Crippen molar-refractivity contribution < 1.29 is 8.76 Å². The molecule has 0 aromatic heterocycles. The highest BCUT2D eigenvalue weighted by molar-refractivity contribution is 7.79. The second-order valence-corrected chi connectivity index (χ2v) is 1.75. The van der Waals surface area contributed by atoms with Crippen LogP contribution in [0.15, 0.2) is 12.7 Å². The molecule has 0 spiro atoms. The van der Waals surface area contributed by atoms with Gasteiger partial charge in [-0.1, -0.05) is 6.08 Å². The van der Waals surface area contributed by atoms with Crippen molar-refractivity contribution in [2.45, 2.75) is 0 Å². The zero-order valence-electron chi connectivity index (χ0n) is 3.26. The van der Waals surface area contributed by atoms with Crippen LogP contribution >= 0.6 is 0 Å². The van der Waals surface area contributed by atoms with Crippen LogP contribution in [0.4, 0.5) is 0 Å². The van der Waals surface area contributed by atoms with Gasteiger partial charge >= 0.3 is 0 Å². The number of hydrogen-bond donors (Lipinski definition) is 1. The number of rotatable bonds is 2. The Hall–Kier alpha value is -0.150. The van der Waals surface area contributed by atoms with Crippen LogP contribution in [-0.4, -0.2) is 14.5 Å². The van der Waals surface area contributed by atoms with Gasteiger partial charge in [-0.25, -0.2) is 4.21 Å². The smallest absolute Gasteiger partial charge is 0.156 e. The molecule has 6 heavy (non-hydrogen) atoms. The third-order valence-electron chi connectivity index (χ3n) is 0.260. The predicted molar refractivity (Wildman–Crippen MR) is 25.8 cm³/mol. The molecule has 0 heterocycles. The lowest BCUT2D eigenvalue weighted by Gasteiger charge is -1.76. The van der Waals surface area contributed by atoms with Crippen LogP contribution in [0.5, 0.6) is 0 Å². The summed E-state index contributed by atoms with van der Waals surface area (Å²) in [6.07, 6.45) is 1.40. The Morgan fingerprint density at radius 2 is 2.50 bits per heavy atom. The Morgan fingerprint density at radius 1 is 2.00 bits per heavy atom. The summed E-state index contributed by atoms with van der Waals surface area (Å²) in [5, 5.41) is 0. The summed E-state index contributed by atoms with van der Waals surface area (Å²) in [5.41, 5.74) is 0. The van der Waals surface area contributed by atoms with E-state index in [1.807, 2.05) is 0 Å². The highest BCUT2D eigenvalue weighted by Gasteiger charge is 1.79. The zero-order chi connectivity index (χ0) is 4.99. The lowest BCUT2D eigenvalue weighted by molar-refractivity contribution is 0.567. The van der Waals surface area contributed by atoms with E-state index in [1.165, 1.54) is 6.08 Å². The first-order chi connectivity index (χ1) is 2.77. The van der Waals surface area contributed by atoms with Gasteiger partial charge in [-0.15, -0.1) is 6.58 Å². The van der Waals surface area contributed by atoms with Crippen molar-refractivity contribution in [2.24, 2.45) is 0 Å². The van der Waals surface area contributed by atoms with Gasteiger partial charge in [0.25, 0.3) is 0 Å². The molecule has 0 aliphatic heterocycles. The van der Waals surface area contributed by atoms with Gasteiger partial charge < -0.3 is 4.55 Å². The average molecular weight is 106 g/mol. The fourth-order valence-electron chi connectivity index (χ4n) is 0.101. The maximum atomic E-state index is 9.64. The van der Waals surface area contributed by atoms with E-state index in [4.69, 9.17) is 4.55 Å². The molecule has 1 N–H and O–H groups in total. The molecule has 0 aliphatic rings. The normalized spacial score (nSPS) is 13.5. The van der Waals surface area contributed by atoms with Gasteiger partial charge in [0, 0.05) is 0 Å². The fourth-order valence-corrected chi connectivity index (χ4v) is 0.302. The van der Waals surface area contributed by atoms with Crippen LogP contribution in [-0.2, 0) is 11.1 Å². The molecule has 0 saturated carbocycles. The molecule has 2 nitrogen and oxygen atoms in total. The molecular weight excluding hydrogens is 100 g/mol. The standard InChI is InChI=1S/C3H6O2S/c1-2-3-6(4)5/h2H,1,3H2,(H,4,5). The molecule has 3 heteroatoms. The van der Waals surface area contributed by atoms with Gasteiger partial charge in [0.1, 0.15) is 0 Å². The van der Waals surface area contributed by atoms with Crippen LogP contribution in [0, 0.1) is 0 Å². The maximum Gasteiger partial charge on any atom is 0.156 e. The van der Waals surface area contributed by atoms with Gasteiger partial charge in [-0.3, -0.25) is 0 Å². The lowest BCUT2D eigenvalue weighted by Crippen LogP contribution is -1.87. The van der Waals surface area contributed by atoms with E-state index in [0.29, 0.717) is 0 Å². The molecule has 0 fully saturated rings. The predicted octanol–water partition coefficient (Wildman–Crippen LogP) is 0.394. The zero-order valence-corrected chi connectivity index (χ0v) is 4.07. The van der Waals surface area contributed by atoms with Gasteiger partial charge in [-0.2, -0.15) is 0 Å². The maximum absolute atomic E-state index is 9.64. The van der Waals surface area contributed by atoms with Crippen LogP contribution in [0.2, 0.25) is 0 Å². The summed E-state index contributed by atoms with van der Waals surface area (Å²) in [5.74, 6) is 0.167. The minimum absolute atomic E-state index is 0.167. The Kier molecular flexibility index (Phi) is 2.98. The molecule has 0 amide bonds. The molecule has 0 rings (SSSR count). The van der Waals surface area contributed by atoms with Gasteiger partial charge in [0.05, 0.1) is 5.75 Å². The minimum atomic E-state index is -1.68. The van der Waals surface area contributed by atoms with Crippen molar-refractivity contribution in [3.63, 3.8) is 0 Å². The highest BCUT2D eigenvalue weighted by atomic mass is 32.2. The van der Waals surface area contributed by atoms with Crippen molar-refractivity contribution in [2.75, 3.05) is 5.75 Å². The second-order valence-electron chi connectivity index (χ2n) is 0.777. The third-order valence-corrected chi connectivity index (χ3v) is 0.781. The van der Waals surface area contributed by atoms with Crippen molar-refractivity contribution in [3.05, 3.63) is 12.7 Å². The minimum Gasteiger partial charge on any atom is -0.306 e. The second kappa shape index (κ2) is 3.06. The quantitative estimate of drug-likeness (QED) is 0.408. The Balaban J connectivity index is 3.05. The van der Waals surface area contributed by atoms with E-state index >= 15 is 0 Å². The molecular formula is C3H6O2S. The molecule has 0 aromatic rings. The summed E-state index contributed by atoms with van der Waals surface area (Å²) in [4.78, 5) is 0. The van der Waals surface area contributed by atoms with Gasteiger partial charge in [0.15, 0.2) is 11.1 Å². The molecule has 0 radical (unpaired) electrons. The van der Waals surface area contributed by atoms with Crippen molar-refractivity contribution in [1.82, 2.24) is 0 Å². The largest absolute Gasteiger partial charge is 0.306 e. The molecule has 0 saturated heterocycles. The molecule has 36 valence electrons. The molecule has 1 atom stereocenters. The Labute approximate surface area is 39.2 Å². The van der Waals surface area contributed by atoms with Crippen LogP contribution in [0.25, 0.3) is 0 Å².